The summed E-state index contributed by atoms with van der Waals surface area (Å²) < 4.78 is 5.71. The van der Waals surface area contributed by atoms with Crippen LogP contribution in [0.5, 0.6) is 0 Å². The van der Waals surface area contributed by atoms with Crippen LogP contribution in [0.1, 0.15) is 27.2 Å². The minimum absolute atomic E-state index is 0.609. The second-order valence-corrected chi connectivity index (χ2v) is 5.86. The van der Waals surface area contributed by atoms with Gasteiger partial charge in [0.1, 0.15) is 17.4 Å². The molecule has 0 aliphatic heterocycles. The molecule has 2 aromatic heterocycles. The van der Waals surface area contributed by atoms with Gasteiger partial charge in [-0.2, -0.15) is 0 Å². The maximum Gasteiger partial charge on any atom is 0.146 e. The third kappa shape index (κ3) is 1.96. The topological polar surface area (TPSA) is 33.4 Å². The van der Waals surface area contributed by atoms with Crippen LogP contribution < -0.4 is 0 Å². The zero-order valence-electron chi connectivity index (χ0n) is 10.3. The summed E-state index contributed by atoms with van der Waals surface area (Å²) in [6.45, 7) is 4.08. The molecule has 1 aromatic carbocycles. The van der Waals surface area contributed by atoms with Gasteiger partial charge in [0.2, 0.25) is 0 Å². The standard InChI is InChI=1S/C15H14O2S/c1-9-3-5-12-11(7-9)8-13(17-12)15(16)14-6-4-10(2)18-14/h3-8,15-16H,1-2H3. The second-order valence-electron chi connectivity index (χ2n) is 4.54. The summed E-state index contributed by atoms with van der Waals surface area (Å²) in [6.07, 6.45) is -0.670. The molecule has 18 heavy (non-hydrogen) atoms. The zero-order chi connectivity index (χ0) is 12.7. The number of fused-ring (bicyclic) bond motifs is 1. The summed E-state index contributed by atoms with van der Waals surface area (Å²) in [5.74, 6) is 0.609. The van der Waals surface area contributed by atoms with Crippen molar-refractivity contribution in [3.05, 3.63) is 57.5 Å². The van der Waals surface area contributed by atoms with Crippen LogP contribution in [0, 0.1) is 13.8 Å². The Morgan fingerprint density at radius 2 is 1.94 bits per heavy atom. The van der Waals surface area contributed by atoms with E-state index in [0.717, 1.165) is 15.8 Å². The smallest absolute Gasteiger partial charge is 0.146 e. The van der Waals surface area contributed by atoms with Gasteiger partial charge in [0.25, 0.3) is 0 Å². The minimum Gasteiger partial charge on any atom is -0.458 e. The number of furan rings is 1. The summed E-state index contributed by atoms with van der Waals surface area (Å²) in [5, 5.41) is 11.3. The minimum atomic E-state index is -0.670. The Hall–Kier alpha value is -1.58. The van der Waals surface area contributed by atoms with Crippen LogP contribution in [0.2, 0.25) is 0 Å². The van der Waals surface area contributed by atoms with Crippen molar-refractivity contribution in [3.8, 4) is 0 Å². The van der Waals surface area contributed by atoms with E-state index in [9.17, 15) is 5.11 Å². The highest BCUT2D eigenvalue weighted by Crippen LogP contribution is 2.31. The first-order valence-corrected chi connectivity index (χ1v) is 6.69. The number of aliphatic hydroxyl groups is 1. The normalized spacial score (nSPS) is 13.1. The van der Waals surface area contributed by atoms with E-state index in [1.54, 1.807) is 11.3 Å². The predicted molar refractivity (Wildman–Crippen MR) is 74.1 cm³/mol. The van der Waals surface area contributed by atoms with Gasteiger partial charge < -0.3 is 9.52 Å². The van der Waals surface area contributed by atoms with Gasteiger partial charge in [0.15, 0.2) is 0 Å². The number of aliphatic hydroxyl groups excluding tert-OH is 1. The first kappa shape index (κ1) is 11.5. The second kappa shape index (κ2) is 4.26. The lowest BCUT2D eigenvalue weighted by molar-refractivity contribution is 0.196. The molecule has 1 N–H and O–H groups in total. The van der Waals surface area contributed by atoms with Gasteiger partial charge in [-0.1, -0.05) is 11.6 Å². The number of benzene rings is 1. The molecule has 2 heterocycles. The molecule has 0 aliphatic carbocycles. The summed E-state index contributed by atoms with van der Waals surface area (Å²) in [6, 6.07) is 11.9. The molecule has 0 saturated carbocycles. The quantitative estimate of drug-likeness (QED) is 0.747. The molecule has 1 unspecified atom stereocenters. The lowest BCUT2D eigenvalue weighted by atomic mass is 10.1. The van der Waals surface area contributed by atoms with Gasteiger partial charge >= 0.3 is 0 Å². The van der Waals surface area contributed by atoms with E-state index >= 15 is 0 Å². The molecule has 0 radical (unpaired) electrons. The average Bonchev–Trinajstić information content (AvgIpc) is 2.93. The molecular weight excluding hydrogens is 244 g/mol. The number of rotatable bonds is 2. The van der Waals surface area contributed by atoms with Crippen LogP contribution in [0.4, 0.5) is 0 Å². The summed E-state index contributed by atoms with van der Waals surface area (Å²) in [7, 11) is 0. The van der Waals surface area contributed by atoms with Gasteiger partial charge in [-0.15, -0.1) is 11.3 Å². The van der Waals surface area contributed by atoms with E-state index in [4.69, 9.17) is 4.42 Å². The number of hydrogen-bond donors (Lipinski definition) is 1. The fourth-order valence-corrected chi connectivity index (χ4v) is 2.93. The van der Waals surface area contributed by atoms with Crippen molar-refractivity contribution < 1.29 is 9.52 Å². The maximum absolute atomic E-state index is 10.3. The van der Waals surface area contributed by atoms with E-state index < -0.39 is 6.10 Å². The van der Waals surface area contributed by atoms with Crippen molar-refractivity contribution in [2.45, 2.75) is 20.0 Å². The Labute approximate surface area is 109 Å². The van der Waals surface area contributed by atoms with Crippen molar-refractivity contribution in [3.63, 3.8) is 0 Å². The molecule has 3 heteroatoms. The van der Waals surface area contributed by atoms with E-state index in [0.29, 0.717) is 5.76 Å². The molecule has 0 bridgehead atoms. The van der Waals surface area contributed by atoms with Crippen molar-refractivity contribution in [2.75, 3.05) is 0 Å². The van der Waals surface area contributed by atoms with Gasteiger partial charge in [0, 0.05) is 15.1 Å². The molecular formula is C15H14O2S. The Balaban J connectivity index is 2.03. The van der Waals surface area contributed by atoms with Crippen LogP contribution in [-0.2, 0) is 0 Å². The van der Waals surface area contributed by atoms with Crippen molar-refractivity contribution in [1.29, 1.82) is 0 Å². The first-order valence-electron chi connectivity index (χ1n) is 5.88. The third-order valence-electron chi connectivity index (χ3n) is 2.99. The van der Waals surface area contributed by atoms with Gasteiger partial charge in [-0.25, -0.2) is 0 Å². The SMILES string of the molecule is Cc1ccc2oc(C(O)c3ccc(C)s3)cc2c1. The molecule has 0 amide bonds. The lowest BCUT2D eigenvalue weighted by Crippen LogP contribution is -1.93. The monoisotopic (exact) mass is 258 g/mol. The molecule has 2 nitrogen and oxygen atoms in total. The van der Waals surface area contributed by atoms with Crippen molar-refractivity contribution in [2.24, 2.45) is 0 Å². The molecule has 0 aliphatic rings. The average molecular weight is 258 g/mol. The largest absolute Gasteiger partial charge is 0.458 e. The fraction of sp³-hybridized carbons (Fsp3) is 0.200. The Morgan fingerprint density at radius 1 is 1.11 bits per heavy atom. The molecule has 1 atom stereocenters. The van der Waals surface area contributed by atoms with Crippen molar-refractivity contribution >= 4 is 22.3 Å². The van der Waals surface area contributed by atoms with Gasteiger partial charge in [-0.05, 0) is 44.2 Å². The molecule has 3 aromatic rings. The number of aryl methyl sites for hydroxylation is 2. The maximum atomic E-state index is 10.3. The van der Waals surface area contributed by atoms with Crippen molar-refractivity contribution in [1.82, 2.24) is 0 Å². The van der Waals surface area contributed by atoms with E-state index in [1.807, 2.05) is 44.2 Å². The van der Waals surface area contributed by atoms with E-state index in [2.05, 4.69) is 6.07 Å². The lowest BCUT2D eigenvalue weighted by Gasteiger charge is -2.03. The molecule has 0 fully saturated rings. The van der Waals surface area contributed by atoms with E-state index in [1.165, 1.54) is 10.4 Å². The highest BCUT2D eigenvalue weighted by molar-refractivity contribution is 7.12. The number of hydrogen-bond acceptors (Lipinski definition) is 3. The highest BCUT2D eigenvalue weighted by atomic mass is 32.1. The summed E-state index contributed by atoms with van der Waals surface area (Å²) in [4.78, 5) is 2.11. The molecule has 92 valence electrons. The summed E-state index contributed by atoms with van der Waals surface area (Å²) >= 11 is 1.59. The molecule has 0 spiro atoms. The summed E-state index contributed by atoms with van der Waals surface area (Å²) in [5.41, 5.74) is 2.01. The molecule has 3 rings (SSSR count). The Kier molecular flexibility index (Phi) is 2.73. The zero-order valence-corrected chi connectivity index (χ0v) is 11.1. The van der Waals surface area contributed by atoms with Crippen LogP contribution in [-0.4, -0.2) is 5.11 Å². The molecule has 0 saturated heterocycles. The van der Waals surface area contributed by atoms with Crippen LogP contribution in [0.15, 0.2) is 40.8 Å². The van der Waals surface area contributed by atoms with Crippen LogP contribution in [0.25, 0.3) is 11.0 Å². The van der Waals surface area contributed by atoms with E-state index in [-0.39, 0.29) is 0 Å². The van der Waals surface area contributed by atoms with Crippen LogP contribution >= 0.6 is 11.3 Å². The predicted octanol–water partition coefficient (Wildman–Crippen LogP) is 4.19. The van der Waals surface area contributed by atoms with Crippen LogP contribution in [0.3, 0.4) is 0 Å². The Bertz CT molecular complexity index is 693. The Morgan fingerprint density at radius 3 is 2.67 bits per heavy atom. The third-order valence-corrected chi connectivity index (χ3v) is 4.04. The number of thiophene rings is 1. The first-order chi connectivity index (χ1) is 8.63. The fourth-order valence-electron chi connectivity index (χ4n) is 2.06. The highest BCUT2D eigenvalue weighted by Gasteiger charge is 2.17. The van der Waals surface area contributed by atoms with Gasteiger partial charge in [0.05, 0.1) is 0 Å². The van der Waals surface area contributed by atoms with Gasteiger partial charge in [-0.3, -0.25) is 0 Å².